The number of benzene rings is 1. The Labute approximate surface area is 152 Å². The van der Waals surface area contributed by atoms with Gasteiger partial charge in [-0.2, -0.15) is 0 Å². The van der Waals surface area contributed by atoms with Crippen LogP contribution in [0.5, 0.6) is 0 Å². The second kappa shape index (κ2) is 9.79. The molecule has 2 aromatic rings. The van der Waals surface area contributed by atoms with Crippen LogP contribution in [-0.2, 0) is 10.5 Å². The third kappa shape index (κ3) is 5.91. The molecule has 0 spiro atoms. The zero-order chi connectivity index (χ0) is 17.4. The van der Waals surface area contributed by atoms with E-state index in [0.29, 0.717) is 5.13 Å². The quantitative estimate of drug-likeness (QED) is 0.485. The maximum atomic E-state index is 12.3. The maximum Gasteiger partial charge on any atom is 0.229 e. The lowest BCUT2D eigenvalue weighted by Crippen LogP contribution is -2.22. The van der Waals surface area contributed by atoms with Crippen molar-refractivity contribution in [1.29, 1.82) is 0 Å². The summed E-state index contributed by atoms with van der Waals surface area (Å²) in [6, 6.07) is 8.49. The van der Waals surface area contributed by atoms with E-state index in [9.17, 15) is 4.79 Å². The predicted molar refractivity (Wildman–Crippen MR) is 103 cm³/mol. The molecule has 1 heterocycles. The number of anilines is 1. The van der Waals surface area contributed by atoms with Gasteiger partial charge in [0.15, 0.2) is 4.34 Å². The van der Waals surface area contributed by atoms with Crippen LogP contribution in [0.15, 0.2) is 28.6 Å². The van der Waals surface area contributed by atoms with Gasteiger partial charge in [-0.25, -0.2) is 0 Å². The lowest BCUT2D eigenvalue weighted by Gasteiger charge is -2.12. The Balaban J connectivity index is 1.85. The van der Waals surface area contributed by atoms with Gasteiger partial charge in [-0.1, -0.05) is 79.6 Å². The van der Waals surface area contributed by atoms with E-state index >= 15 is 0 Å². The fourth-order valence-corrected chi connectivity index (χ4v) is 4.04. The molecule has 130 valence electrons. The Bertz CT molecular complexity index is 640. The molecule has 1 aromatic heterocycles. The Morgan fingerprint density at radius 2 is 2.00 bits per heavy atom. The highest BCUT2D eigenvalue weighted by molar-refractivity contribution is 8.00. The van der Waals surface area contributed by atoms with E-state index in [1.54, 1.807) is 11.8 Å². The summed E-state index contributed by atoms with van der Waals surface area (Å²) in [7, 11) is 0. The Morgan fingerprint density at radius 3 is 2.67 bits per heavy atom. The van der Waals surface area contributed by atoms with E-state index in [-0.39, 0.29) is 11.8 Å². The summed E-state index contributed by atoms with van der Waals surface area (Å²) in [5, 5.41) is 11.8. The minimum absolute atomic E-state index is 0.0668. The van der Waals surface area contributed by atoms with Gasteiger partial charge >= 0.3 is 0 Å². The van der Waals surface area contributed by atoms with Crippen LogP contribution in [-0.4, -0.2) is 16.1 Å². The fourth-order valence-electron chi connectivity index (χ4n) is 2.33. The van der Waals surface area contributed by atoms with E-state index in [1.165, 1.54) is 22.5 Å². The van der Waals surface area contributed by atoms with Crippen LogP contribution >= 0.6 is 23.1 Å². The monoisotopic (exact) mass is 363 g/mol. The van der Waals surface area contributed by atoms with Gasteiger partial charge in [-0.05, 0) is 25.3 Å². The van der Waals surface area contributed by atoms with Crippen LogP contribution in [0.4, 0.5) is 5.13 Å². The fraction of sp³-hybridized carbons (Fsp3) is 0.500. The molecular formula is C18H25N3OS2. The van der Waals surface area contributed by atoms with Gasteiger partial charge in [0.05, 0.1) is 0 Å². The Kier molecular flexibility index (Phi) is 7.72. The van der Waals surface area contributed by atoms with Gasteiger partial charge in [0.1, 0.15) is 0 Å². The van der Waals surface area contributed by atoms with Crippen molar-refractivity contribution in [3.63, 3.8) is 0 Å². The van der Waals surface area contributed by atoms with Crippen molar-refractivity contribution in [1.82, 2.24) is 10.2 Å². The maximum absolute atomic E-state index is 12.3. The second-order valence-corrected chi connectivity index (χ2v) is 8.08. The van der Waals surface area contributed by atoms with Gasteiger partial charge in [0.2, 0.25) is 11.0 Å². The van der Waals surface area contributed by atoms with Crippen LogP contribution < -0.4 is 5.32 Å². The molecule has 0 saturated heterocycles. The number of aromatic nitrogens is 2. The van der Waals surface area contributed by atoms with E-state index in [2.05, 4.69) is 60.6 Å². The van der Waals surface area contributed by atoms with Crippen LogP contribution in [0.25, 0.3) is 0 Å². The number of hydrogen-bond donors (Lipinski definition) is 1. The molecular weight excluding hydrogens is 338 g/mol. The van der Waals surface area contributed by atoms with E-state index in [1.807, 2.05) is 0 Å². The van der Waals surface area contributed by atoms with E-state index in [4.69, 9.17) is 0 Å². The summed E-state index contributed by atoms with van der Waals surface area (Å²) in [5.41, 5.74) is 2.52. The average molecular weight is 364 g/mol. The molecule has 0 fully saturated rings. The summed E-state index contributed by atoms with van der Waals surface area (Å²) < 4.78 is 0.882. The van der Waals surface area contributed by atoms with Crippen LogP contribution in [0.3, 0.4) is 0 Å². The van der Waals surface area contributed by atoms with Gasteiger partial charge in [0, 0.05) is 11.7 Å². The normalized spacial score (nSPS) is 12.1. The average Bonchev–Trinajstić information content (AvgIpc) is 3.02. The molecule has 1 N–H and O–H groups in total. The number of nitrogens with one attached hydrogen (secondary N) is 1. The summed E-state index contributed by atoms with van der Waals surface area (Å²) in [5.74, 6) is 0.992. The smallest absolute Gasteiger partial charge is 0.229 e. The number of aryl methyl sites for hydroxylation is 1. The number of carbonyl (C=O) groups excluding carboxylic acids is 1. The van der Waals surface area contributed by atoms with Gasteiger partial charge in [-0.15, -0.1) is 10.2 Å². The first-order chi connectivity index (χ1) is 11.6. The number of thioether (sulfide) groups is 1. The first kappa shape index (κ1) is 18.9. The standard InChI is InChI=1S/C18H25N3OS2/c1-4-6-7-15(5-2)16(22)19-17-20-21-18(24-17)23-12-14-10-8-13(3)9-11-14/h8-11,15H,4-7,12H2,1-3H3,(H,19,20,22). The second-order valence-electron chi connectivity index (χ2n) is 5.88. The topological polar surface area (TPSA) is 54.9 Å². The minimum atomic E-state index is 0.0668. The predicted octanol–water partition coefficient (Wildman–Crippen LogP) is 5.29. The summed E-state index contributed by atoms with van der Waals surface area (Å²) in [6.45, 7) is 6.29. The van der Waals surface area contributed by atoms with Crippen LogP contribution in [0.1, 0.15) is 50.7 Å². The minimum Gasteiger partial charge on any atom is -0.300 e. The van der Waals surface area contributed by atoms with Crippen molar-refractivity contribution in [3.8, 4) is 0 Å². The van der Waals surface area contributed by atoms with Crippen LogP contribution in [0.2, 0.25) is 0 Å². The molecule has 1 unspecified atom stereocenters. The number of nitrogens with zero attached hydrogens (tertiary/aromatic N) is 2. The molecule has 1 amide bonds. The molecule has 4 nitrogen and oxygen atoms in total. The summed E-state index contributed by atoms with van der Waals surface area (Å²) >= 11 is 3.09. The van der Waals surface area contributed by atoms with Crippen molar-refractivity contribution in [2.75, 3.05) is 5.32 Å². The first-order valence-corrected chi connectivity index (χ1v) is 10.2. The number of carbonyl (C=O) groups is 1. The molecule has 2 rings (SSSR count). The highest BCUT2D eigenvalue weighted by atomic mass is 32.2. The van der Waals surface area contributed by atoms with Crippen molar-refractivity contribution in [2.24, 2.45) is 5.92 Å². The zero-order valence-electron chi connectivity index (χ0n) is 14.5. The number of hydrogen-bond acceptors (Lipinski definition) is 5. The van der Waals surface area contributed by atoms with Gasteiger partial charge < -0.3 is 5.32 Å². The number of unbranched alkanes of at least 4 members (excludes halogenated alkanes) is 1. The Morgan fingerprint density at radius 1 is 1.25 bits per heavy atom. The molecule has 1 atom stereocenters. The first-order valence-electron chi connectivity index (χ1n) is 8.45. The highest BCUT2D eigenvalue weighted by Crippen LogP contribution is 2.29. The SMILES string of the molecule is CCCCC(CC)C(=O)Nc1nnc(SCc2ccc(C)cc2)s1. The Hall–Kier alpha value is -1.40. The van der Waals surface area contributed by atoms with Crippen molar-refractivity contribution in [3.05, 3.63) is 35.4 Å². The summed E-state index contributed by atoms with van der Waals surface area (Å²) in [4.78, 5) is 12.3. The summed E-state index contributed by atoms with van der Waals surface area (Å²) in [6.07, 6.45) is 3.99. The molecule has 0 aliphatic heterocycles. The molecule has 0 aliphatic carbocycles. The number of rotatable bonds is 9. The van der Waals surface area contributed by atoms with Crippen molar-refractivity contribution < 1.29 is 4.79 Å². The lowest BCUT2D eigenvalue weighted by atomic mass is 9.99. The van der Waals surface area contributed by atoms with E-state index < -0.39 is 0 Å². The molecule has 24 heavy (non-hydrogen) atoms. The molecule has 6 heteroatoms. The van der Waals surface area contributed by atoms with Crippen molar-refractivity contribution in [2.45, 2.75) is 56.5 Å². The molecule has 0 radical (unpaired) electrons. The van der Waals surface area contributed by atoms with Gasteiger partial charge in [-0.3, -0.25) is 4.79 Å². The molecule has 0 saturated carbocycles. The lowest BCUT2D eigenvalue weighted by molar-refractivity contribution is -0.120. The molecule has 1 aromatic carbocycles. The highest BCUT2D eigenvalue weighted by Gasteiger charge is 2.17. The third-order valence-corrected chi connectivity index (χ3v) is 5.93. The van der Waals surface area contributed by atoms with Crippen LogP contribution in [0, 0.1) is 12.8 Å². The largest absolute Gasteiger partial charge is 0.300 e. The van der Waals surface area contributed by atoms with Crippen molar-refractivity contribution >= 4 is 34.1 Å². The van der Waals surface area contributed by atoms with Gasteiger partial charge in [0.25, 0.3) is 0 Å². The van der Waals surface area contributed by atoms with E-state index in [0.717, 1.165) is 35.8 Å². The molecule has 0 bridgehead atoms. The third-order valence-electron chi connectivity index (χ3n) is 3.89. The number of amides is 1. The zero-order valence-corrected chi connectivity index (χ0v) is 16.2. The molecule has 0 aliphatic rings.